The molecule has 0 amide bonds. The van der Waals surface area contributed by atoms with Crippen molar-refractivity contribution >= 4 is 11.0 Å². The van der Waals surface area contributed by atoms with Gasteiger partial charge >= 0.3 is 0 Å². The molecular formula is C16H19N5. The first kappa shape index (κ1) is 12.6. The second kappa shape index (κ2) is 5.00. The molecule has 1 aromatic carbocycles. The number of H-pyrrole nitrogens is 1. The molecule has 1 unspecified atom stereocenters. The van der Waals surface area contributed by atoms with Gasteiger partial charge in [-0.1, -0.05) is 19.1 Å². The lowest BCUT2D eigenvalue weighted by molar-refractivity contribution is 0.466. The van der Waals surface area contributed by atoms with E-state index in [1.54, 1.807) is 0 Å². The molecule has 0 aliphatic heterocycles. The number of rotatable bonds is 3. The Bertz CT molecular complexity index is 737. The van der Waals surface area contributed by atoms with E-state index in [1.807, 2.05) is 35.1 Å². The Balaban J connectivity index is 1.79. The highest BCUT2D eigenvalue weighted by molar-refractivity contribution is 5.75. The molecule has 2 N–H and O–H groups in total. The number of nitrogens with one attached hydrogen (secondary N) is 2. The molecule has 108 valence electrons. The molecule has 0 saturated heterocycles. The minimum Gasteiger partial charge on any atom is -0.322 e. The van der Waals surface area contributed by atoms with Crippen LogP contribution in [0.15, 0.2) is 30.5 Å². The normalized spacial score (nSPS) is 18.0. The highest BCUT2D eigenvalue weighted by Crippen LogP contribution is 2.30. The molecule has 0 spiro atoms. The largest absolute Gasteiger partial charge is 0.322 e. The van der Waals surface area contributed by atoms with E-state index in [2.05, 4.69) is 27.3 Å². The molecule has 21 heavy (non-hydrogen) atoms. The molecule has 5 nitrogen and oxygen atoms in total. The molecule has 0 saturated carbocycles. The minimum atomic E-state index is 0.428. The van der Waals surface area contributed by atoms with E-state index in [0.29, 0.717) is 6.04 Å². The molecule has 3 aromatic rings. The Labute approximate surface area is 123 Å². The van der Waals surface area contributed by atoms with Gasteiger partial charge in [0.2, 0.25) is 5.95 Å². The van der Waals surface area contributed by atoms with Crippen molar-refractivity contribution in [2.24, 2.45) is 0 Å². The lowest BCUT2D eigenvalue weighted by atomic mass is 9.93. The Kier molecular flexibility index (Phi) is 3.00. The number of nitrogens with zero attached hydrogens (tertiary/aromatic N) is 3. The van der Waals surface area contributed by atoms with E-state index in [1.165, 1.54) is 24.1 Å². The number of hydrogen-bond donors (Lipinski definition) is 2. The van der Waals surface area contributed by atoms with Crippen LogP contribution in [0.2, 0.25) is 0 Å². The molecule has 1 aliphatic carbocycles. The van der Waals surface area contributed by atoms with Gasteiger partial charge in [0.15, 0.2) is 0 Å². The number of hydrogen-bond acceptors (Lipinski definition) is 3. The molecular weight excluding hydrogens is 262 g/mol. The van der Waals surface area contributed by atoms with Crippen molar-refractivity contribution < 1.29 is 0 Å². The lowest BCUT2D eigenvalue weighted by Crippen LogP contribution is -2.25. The van der Waals surface area contributed by atoms with E-state index in [0.717, 1.165) is 29.9 Å². The Morgan fingerprint density at radius 3 is 3.14 bits per heavy atom. The van der Waals surface area contributed by atoms with Crippen LogP contribution in [0.4, 0.5) is 0 Å². The number of aromatic nitrogens is 4. The third-order valence-corrected chi connectivity index (χ3v) is 4.21. The zero-order chi connectivity index (χ0) is 14.2. The molecule has 0 radical (unpaired) electrons. The standard InChI is InChI=1S/C16H19N5/c1-2-17-12-8-5-9-15-11(12)10-18-21(15)16-19-13-6-3-4-7-14(13)20-16/h3-4,6-7,10,12,17H,2,5,8-9H2,1H3,(H,19,20). The van der Waals surface area contributed by atoms with Crippen molar-refractivity contribution in [3.8, 4) is 5.95 Å². The van der Waals surface area contributed by atoms with E-state index in [9.17, 15) is 0 Å². The van der Waals surface area contributed by atoms with Gasteiger partial charge in [0.1, 0.15) is 0 Å². The summed E-state index contributed by atoms with van der Waals surface area (Å²) in [6.07, 6.45) is 5.44. The van der Waals surface area contributed by atoms with Crippen molar-refractivity contribution in [2.45, 2.75) is 32.2 Å². The summed E-state index contributed by atoms with van der Waals surface area (Å²) in [5.41, 5.74) is 4.64. The Hall–Kier alpha value is -2.14. The van der Waals surface area contributed by atoms with Crippen LogP contribution >= 0.6 is 0 Å². The number of fused-ring (bicyclic) bond motifs is 2. The first-order chi connectivity index (χ1) is 10.4. The van der Waals surface area contributed by atoms with Crippen molar-refractivity contribution in [1.82, 2.24) is 25.1 Å². The summed E-state index contributed by atoms with van der Waals surface area (Å²) in [4.78, 5) is 8.02. The van der Waals surface area contributed by atoms with Crippen LogP contribution in [0.1, 0.15) is 37.1 Å². The summed E-state index contributed by atoms with van der Waals surface area (Å²) in [5.74, 6) is 0.814. The average molecular weight is 281 g/mol. The van der Waals surface area contributed by atoms with Crippen LogP contribution in [0, 0.1) is 0 Å². The molecule has 5 heteroatoms. The highest BCUT2D eigenvalue weighted by Gasteiger charge is 2.24. The van der Waals surface area contributed by atoms with Gasteiger partial charge in [0, 0.05) is 11.6 Å². The second-order valence-electron chi connectivity index (χ2n) is 5.54. The van der Waals surface area contributed by atoms with Crippen molar-refractivity contribution in [3.63, 3.8) is 0 Å². The minimum absolute atomic E-state index is 0.428. The number of aromatic amines is 1. The van der Waals surface area contributed by atoms with Crippen LogP contribution in [0.3, 0.4) is 0 Å². The van der Waals surface area contributed by atoms with Gasteiger partial charge in [-0.15, -0.1) is 0 Å². The predicted octanol–water partition coefficient (Wildman–Crippen LogP) is 2.74. The first-order valence-corrected chi connectivity index (χ1v) is 7.62. The van der Waals surface area contributed by atoms with E-state index in [4.69, 9.17) is 0 Å². The molecule has 0 fully saturated rings. The fourth-order valence-electron chi connectivity index (χ4n) is 3.24. The SMILES string of the molecule is CCNC1CCCc2c1cnn2-c1nc2ccccc2[nH]1. The fourth-order valence-corrected chi connectivity index (χ4v) is 3.24. The van der Waals surface area contributed by atoms with Crippen LogP contribution in [0.5, 0.6) is 0 Å². The van der Waals surface area contributed by atoms with Gasteiger partial charge < -0.3 is 10.3 Å². The zero-order valence-electron chi connectivity index (χ0n) is 12.1. The Morgan fingerprint density at radius 1 is 1.38 bits per heavy atom. The maximum Gasteiger partial charge on any atom is 0.229 e. The molecule has 2 heterocycles. The van der Waals surface area contributed by atoms with Gasteiger partial charge in [-0.25, -0.2) is 9.67 Å². The maximum atomic E-state index is 4.66. The third-order valence-electron chi connectivity index (χ3n) is 4.21. The van der Waals surface area contributed by atoms with Crippen LogP contribution in [-0.2, 0) is 6.42 Å². The van der Waals surface area contributed by atoms with Crippen LogP contribution in [0.25, 0.3) is 17.0 Å². The number of benzene rings is 1. The quantitative estimate of drug-likeness (QED) is 0.776. The van der Waals surface area contributed by atoms with Crippen LogP contribution < -0.4 is 5.32 Å². The highest BCUT2D eigenvalue weighted by atomic mass is 15.4. The Morgan fingerprint density at radius 2 is 2.29 bits per heavy atom. The van der Waals surface area contributed by atoms with Gasteiger partial charge in [-0.05, 0) is 37.9 Å². The summed E-state index contributed by atoms with van der Waals surface area (Å²) in [6, 6.07) is 8.52. The summed E-state index contributed by atoms with van der Waals surface area (Å²) < 4.78 is 1.97. The predicted molar refractivity (Wildman–Crippen MR) is 82.6 cm³/mol. The summed E-state index contributed by atoms with van der Waals surface area (Å²) in [5, 5.41) is 8.13. The summed E-state index contributed by atoms with van der Waals surface area (Å²) >= 11 is 0. The fraction of sp³-hybridized carbons (Fsp3) is 0.375. The molecule has 2 aromatic heterocycles. The molecule has 4 rings (SSSR count). The second-order valence-corrected chi connectivity index (χ2v) is 5.54. The topological polar surface area (TPSA) is 58.5 Å². The maximum absolute atomic E-state index is 4.66. The monoisotopic (exact) mass is 281 g/mol. The van der Waals surface area contributed by atoms with E-state index >= 15 is 0 Å². The lowest BCUT2D eigenvalue weighted by Gasteiger charge is -2.23. The number of imidazole rings is 1. The van der Waals surface area contributed by atoms with Gasteiger partial charge in [-0.3, -0.25) is 0 Å². The van der Waals surface area contributed by atoms with Crippen molar-refractivity contribution in [1.29, 1.82) is 0 Å². The third kappa shape index (κ3) is 2.05. The zero-order valence-corrected chi connectivity index (χ0v) is 12.1. The average Bonchev–Trinajstić information content (AvgIpc) is 3.11. The molecule has 0 bridgehead atoms. The van der Waals surface area contributed by atoms with Gasteiger partial charge in [0.25, 0.3) is 0 Å². The van der Waals surface area contributed by atoms with Crippen molar-refractivity contribution in [2.75, 3.05) is 6.54 Å². The molecule has 1 atom stereocenters. The smallest absolute Gasteiger partial charge is 0.229 e. The number of para-hydroxylation sites is 2. The van der Waals surface area contributed by atoms with E-state index < -0.39 is 0 Å². The van der Waals surface area contributed by atoms with Gasteiger partial charge in [0.05, 0.1) is 22.9 Å². The summed E-state index contributed by atoms with van der Waals surface area (Å²) in [7, 11) is 0. The van der Waals surface area contributed by atoms with Crippen LogP contribution in [-0.4, -0.2) is 26.3 Å². The van der Waals surface area contributed by atoms with E-state index in [-0.39, 0.29) is 0 Å². The van der Waals surface area contributed by atoms with Gasteiger partial charge in [-0.2, -0.15) is 5.10 Å². The van der Waals surface area contributed by atoms with Crippen molar-refractivity contribution in [3.05, 3.63) is 41.7 Å². The first-order valence-electron chi connectivity index (χ1n) is 7.62. The molecule has 1 aliphatic rings. The summed E-state index contributed by atoms with van der Waals surface area (Å²) in [6.45, 7) is 3.14.